The zero-order valence-corrected chi connectivity index (χ0v) is 13.0. The molecule has 1 aromatic carbocycles. The fourth-order valence-electron chi connectivity index (χ4n) is 1.82. The van der Waals surface area contributed by atoms with E-state index >= 15 is 0 Å². The maximum atomic E-state index is 11.6. The maximum absolute atomic E-state index is 11.6. The quantitative estimate of drug-likeness (QED) is 0.565. The van der Waals surface area contributed by atoms with Crippen molar-refractivity contribution < 1.29 is 9.21 Å². The van der Waals surface area contributed by atoms with E-state index in [0.29, 0.717) is 17.3 Å². The predicted octanol–water partition coefficient (Wildman–Crippen LogP) is 2.48. The number of benzene rings is 1. The first-order valence-electron chi connectivity index (χ1n) is 6.46. The summed E-state index contributed by atoms with van der Waals surface area (Å²) in [7, 11) is 0. The first-order valence-corrected chi connectivity index (χ1v) is 7.50. The topological polar surface area (TPSA) is 54.3 Å². The van der Waals surface area contributed by atoms with Crippen molar-refractivity contribution in [2.45, 2.75) is 12.6 Å². The molecule has 1 atom stereocenters. The lowest BCUT2D eigenvalue weighted by Gasteiger charge is -2.18. The Bertz CT molecular complexity index is 585. The molecule has 0 bridgehead atoms. The van der Waals surface area contributed by atoms with E-state index in [9.17, 15) is 4.79 Å². The number of hydrogen-bond acceptors (Lipinski definition) is 4. The van der Waals surface area contributed by atoms with Crippen LogP contribution >= 0.6 is 24.8 Å². The van der Waals surface area contributed by atoms with Crippen LogP contribution in [0.3, 0.4) is 0 Å². The summed E-state index contributed by atoms with van der Waals surface area (Å²) in [4.78, 5) is 12.1. The van der Waals surface area contributed by atoms with E-state index in [0.717, 1.165) is 5.56 Å². The molecule has 1 amide bonds. The van der Waals surface area contributed by atoms with Gasteiger partial charge >= 0.3 is 0 Å². The van der Waals surface area contributed by atoms with Crippen molar-refractivity contribution in [1.82, 2.24) is 10.6 Å². The number of thiol groups is 1. The van der Waals surface area contributed by atoms with E-state index in [1.54, 1.807) is 18.4 Å². The van der Waals surface area contributed by atoms with Gasteiger partial charge in [0.2, 0.25) is 5.91 Å². The van der Waals surface area contributed by atoms with Crippen LogP contribution in [0.4, 0.5) is 0 Å². The molecule has 110 valence electrons. The van der Waals surface area contributed by atoms with Gasteiger partial charge in [-0.2, -0.15) is 12.6 Å². The Balaban J connectivity index is 2.02. The number of amides is 1. The third-order valence-electron chi connectivity index (χ3n) is 2.85. The molecule has 4 nitrogen and oxygen atoms in total. The van der Waals surface area contributed by atoms with Gasteiger partial charge in [0.15, 0.2) is 0 Å². The van der Waals surface area contributed by atoms with Gasteiger partial charge in [-0.25, -0.2) is 0 Å². The highest BCUT2D eigenvalue weighted by Gasteiger charge is 2.21. The molecule has 2 N–H and O–H groups in total. The lowest BCUT2D eigenvalue weighted by Crippen LogP contribution is -2.39. The molecule has 0 radical (unpaired) electrons. The molecule has 0 aliphatic heterocycles. The van der Waals surface area contributed by atoms with Gasteiger partial charge in [-0.1, -0.05) is 42.5 Å². The zero-order valence-electron chi connectivity index (χ0n) is 11.3. The summed E-state index contributed by atoms with van der Waals surface area (Å²) < 4.78 is 5.35. The lowest BCUT2D eigenvalue weighted by atomic mass is 10.2. The monoisotopic (exact) mass is 320 g/mol. The Labute approximate surface area is 134 Å². The van der Waals surface area contributed by atoms with Gasteiger partial charge in [-0.15, -0.1) is 0 Å². The van der Waals surface area contributed by atoms with Gasteiger partial charge in [-0.05, 0) is 17.7 Å². The Morgan fingerprint density at radius 2 is 2.00 bits per heavy atom. The molecule has 2 rings (SSSR count). The smallest absolute Gasteiger partial charge is 0.230 e. The highest BCUT2D eigenvalue weighted by molar-refractivity contribution is 7.81. The van der Waals surface area contributed by atoms with Crippen LogP contribution in [0.25, 0.3) is 0 Å². The van der Waals surface area contributed by atoms with Crippen LogP contribution in [-0.4, -0.2) is 16.6 Å². The second-order valence-electron chi connectivity index (χ2n) is 4.38. The molecule has 1 heterocycles. The summed E-state index contributed by atoms with van der Waals surface area (Å²) in [6, 6.07) is 12.9. The highest BCUT2D eigenvalue weighted by atomic mass is 32.1. The third kappa shape index (κ3) is 4.61. The summed E-state index contributed by atoms with van der Waals surface area (Å²) in [6.07, 6.45) is 1.55. The Kier molecular flexibility index (Phi) is 5.83. The molecule has 2 aromatic rings. The number of carbonyl (C=O) groups is 1. The standard InChI is InChI=1S/C15H16N2O2S2/c18-13(10-20)17-14(12-7-4-8-19-12)15(21)16-9-11-5-2-1-3-6-11/h1-8,14,20H,9-10H2,(H,16,21)(H,17,18). The summed E-state index contributed by atoms with van der Waals surface area (Å²) in [5.74, 6) is 0.484. The maximum Gasteiger partial charge on any atom is 0.230 e. The Morgan fingerprint density at radius 3 is 2.62 bits per heavy atom. The highest BCUT2D eigenvalue weighted by Crippen LogP contribution is 2.15. The van der Waals surface area contributed by atoms with Crippen molar-refractivity contribution in [3.05, 3.63) is 60.1 Å². The molecular formula is C15H16N2O2S2. The summed E-state index contributed by atoms with van der Waals surface area (Å²) in [6.45, 7) is 0.591. The average molecular weight is 320 g/mol. The predicted molar refractivity (Wildman–Crippen MR) is 89.3 cm³/mol. The number of nitrogens with one attached hydrogen (secondary N) is 2. The fraction of sp³-hybridized carbons (Fsp3) is 0.200. The molecule has 0 aliphatic carbocycles. The second-order valence-corrected chi connectivity index (χ2v) is 5.13. The summed E-state index contributed by atoms with van der Waals surface area (Å²) >= 11 is 9.34. The van der Waals surface area contributed by atoms with Crippen LogP contribution in [-0.2, 0) is 11.3 Å². The molecule has 0 fully saturated rings. The van der Waals surface area contributed by atoms with Gasteiger partial charge in [0.05, 0.1) is 12.0 Å². The molecule has 0 saturated carbocycles. The SMILES string of the molecule is O=C(CS)NC(C(=S)NCc1ccccc1)c1ccco1. The minimum absolute atomic E-state index is 0.0957. The van der Waals surface area contributed by atoms with Crippen LogP contribution in [0.5, 0.6) is 0 Å². The van der Waals surface area contributed by atoms with Gasteiger partial charge in [-0.3, -0.25) is 4.79 Å². The Morgan fingerprint density at radius 1 is 1.24 bits per heavy atom. The lowest BCUT2D eigenvalue weighted by molar-refractivity contribution is -0.118. The van der Waals surface area contributed by atoms with Crippen molar-refractivity contribution in [3.63, 3.8) is 0 Å². The molecule has 21 heavy (non-hydrogen) atoms. The number of thiocarbonyl (C=S) groups is 1. The summed E-state index contributed by atoms with van der Waals surface area (Å²) in [5, 5.41) is 5.94. The van der Waals surface area contributed by atoms with Crippen molar-refractivity contribution in [3.8, 4) is 0 Å². The van der Waals surface area contributed by atoms with Crippen LogP contribution in [0.1, 0.15) is 17.4 Å². The second kappa shape index (κ2) is 7.85. The first kappa shape index (κ1) is 15.6. The molecule has 6 heteroatoms. The van der Waals surface area contributed by atoms with E-state index in [2.05, 4.69) is 23.3 Å². The largest absolute Gasteiger partial charge is 0.467 e. The average Bonchev–Trinajstić information content (AvgIpc) is 3.05. The molecule has 0 saturated heterocycles. The molecule has 1 aromatic heterocycles. The zero-order chi connectivity index (χ0) is 15.1. The van der Waals surface area contributed by atoms with Crippen LogP contribution < -0.4 is 10.6 Å². The van der Waals surface area contributed by atoms with Gasteiger partial charge < -0.3 is 15.1 Å². The molecule has 0 spiro atoms. The first-order chi connectivity index (χ1) is 10.2. The summed E-state index contributed by atoms with van der Waals surface area (Å²) in [5.41, 5.74) is 1.11. The van der Waals surface area contributed by atoms with E-state index < -0.39 is 6.04 Å². The van der Waals surface area contributed by atoms with Gasteiger partial charge in [0.1, 0.15) is 16.8 Å². The van der Waals surface area contributed by atoms with Crippen molar-refractivity contribution in [2.24, 2.45) is 0 Å². The molecular weight excluding hydrogens is 304 g/mol. The van der Waals surface area contributed by atoms with E-state index in [-0.39, 0.29) is 11.7 Å². The van der Waals surface area contributed by atoms with Crippen molar-refractivity contribution >= 4 is 35.7 Å². The number of carbonyl (C=O) groups excluding carboxylic acids is 1. The normalized spacial score (nSPS) is 11.7. The van der Waals surface area contributed by atoms with Crippen LogP contribution in [0, 0.1) is 0 Å². The molecule has 1 unspecified atom stereocenters. The number of hydrogen-bond donors (Lipinski definition) is 3. The van der Waals surface area contributed by atoms with E-state index in [4.69, 9.17) is 16.6 Å². The van der Waals surface area contributed by atoms with E-state index in [1.165, 1.54) is 0 Å². The number of furan rings is 1. The Hall–Kier alpha value is -1.79. The minimum atomic E-state index is -0.488. The number of rotatable bonds is 6. The van der Waals surface area contributed by atoms with Crippen LogP contribution in [0.2, 0.25) is 0 Å². The van der Waals surface area contributed by atoms with Crippen LogP contribution in [0.15, 0.2) is 53.1 Å². The van der Waals surface area contributed by atoms with E-state index in [1.807, 2.05) is 30.3 Å². The van der Waals surface area contributed by atoms with Crippen molar-refractivity contribution in [2.75, 3.05) is 5.75 Å². The molecule has 0 aliphatic rings. The van der Waals surface area contributed by atoms with Crippen molar-refractivity contribution in [1.29, 1.82) is 0 Å². The van der Waals surface area contributed by atoms with Gasteiger partial charge in [0.25, 0.3) is 0 Å². The fourth-order valence-corrected chi connectivity index (χ4v) is 2.15. The third-order valence-corrected chi connectivity index (χ3v) is 3.52. The minimum Gasteiger partial charge on any atom is -0.467 e. The van der Waals surface area contributed by atoms with Gasteiger partial charge in [0, 0.05) is 6.54 Å².